The molecule has 3 atom stereocenters. The van der Waals surface area contributed by atoms with Gasteiger partial charge in [-0.15, -0.1) is 0 Å². The van der Waals surface area contributed by atoms with Gasteiger partial charge < -0.3 is 20.1 Å². The second-order valence-corrected chi connectivity index (χ2v) is 13.7. The zero-order chi connectivity index (χ0) is 30.8. The smallest absolute Gasteiger partial charge is 0.354 e. The van der Waals surface area contributed by atoms with Gasteiger partial charge in [0, 0.05) is 46.4 Å². The van der Waals surface area contributed by atoms with E-state index in [4.69, 9.17) is 26.3 Å². The lowest BCUT2D eigenvalue weighted by molar-refractivity contribution is 0.238. The second kappa shape index (κ2) is 9.59. The van der Waals surface area contributed by atoms with Crippen molar-refractivity contribution in [2.75, 3.05) is 18.1 Å². The minimum Gasteiger partial charge on any atom is -0.508 e. The molecule has 0 radical (unpaired) electrons. The monoisotopic (exact) mass is 637 g/mol. The van der Waals surface area contributed by atoms with E-state index in [0.717, 1.165) is 49.9 Å². The van der Waals surface area contributed by atoms with Crippen LogP contribution in [0.5, 0.6) is 11.6 Å². The lowest BCUT2D eigenvalue weighted by Crippen LogP contribution is -2.60. The van der Waals surface area contributed by atoms with Crippen molar-refractivity contribution in [3.8, 4) is 28.6 Å². The number of hydrogen-bond donors (Lipinski definition) is 2. The van der Waals surface area contributed by atoms with Crippen LogP contribution < -0.4 is 20.6 Å². The predicted octanol–water partition coefficient (Wildman–Crippen LogP) is 5.35. The minimum absolute atomic E-state index is 0.0312. The Morgan fingerprint density at radius 3 is 2.54 bits per heavy atom. The first-order valence-electron chi connectivity index (χ1n) is 16.0. The largest absolute Gasteiger partial charge is 0.508 e. The number of hydrogen-bond acceptors (Lipinski definition) is 9. The molecule has 232 valence electrons. The number of ether oxygens (including phenoxy) is 1. The quantitative estimate of drug-likeness (QED) is 0.269. The molecule has 12 heteroatoms. The van der Waals surface area contributed by atoms with E-state index < -0.39 is 11.5 Å². The first-order valence-corrected chi connectivity index (χ1v) is 16.4. The highest BCUT2D eigenvalue weighted by Gasteiger charge is 2.45. The maximum Gasteiger partial charge on any atom is 0.354 e. The molecule has 4 fully saturated rings. The average molecular weight is 638 g/mol. The number of rotatable bonds is 4. The van der Waals surface area contributed by atoms with E-state index in [9.17, 15) is 9.90 Å². The fourth-order valence-corrected chi connectivity index (χ4v) is 8.22. The van der Waals surface area contributed by atoms with Gasteiger partial charge in [0.05, 0.1) is 23.1 Å². The molecule has 5 aliphatic rings. The maximum absolute atomic E-state index is 17.7. The van der Waals surface area contributed by atoms with Crippen molar-refractivity contribution in [2.24, 2.45) is 0 Å². The molecular weight excluding hydrogens is 609 g/mol. The first-order chi connectivity index (χ1) is 22.4. The number of anilines is 1. The highest BCUT2D eigenvalue weighted by atomic mass is 35.5. The van der Waals surface area contributed by atoms with E-state index in [1.807, 2.05) is 0 Å². The highest BCUT2D eigenvalue weighted by molar-refractivity contribution is 6.36. The molecule has 2 saturated carbocycles. The number of nitrogens with one attached hydrogen (secondary N) is 1. The van der Waals surface area contributed by atoms with Crippen LogP contribution >= 0.6 is 11.6 Å². The van der Waals surface area contributed by atoms with Crippen LogP contribution in [-0.2, 0) is 0 Å². The Balaban J connectivity index is 1.35. The molecule has 5 aromatic rings. The van der Waals surface area contributed by atoms with Gasteiger partial charge in [0.2, 0.25) is 5.88 Å². The molecular formula is C34H29ClFN7O3. The van der Waals surface area contributed by atoms with Crippen molar-refractivity contribution in [2.45, 2.75) is 68.5 Å². The van der Waals surface area contributed by atoms with Gasteiger partial charge in [0.25, 0.3) is 0 Å². The molecule has 2 aromatic carbocycles. The van der Waals surface area contributed by atoms with Crippen molar-refractivity contribution in [1.82, 2.24) is 29.8 Å². The number of fused-ring (bicyclic) bond motifs is 6. The molecule has 0 amide bonds. The SMILES string of the molecule is O=c1nc2c3c(nc(-c4cc(O)cc5cccc(Cl)c45)c(F)c3n1-c1c(C3CC3)ncnc1C1CC1)OCC1C3CCC(CN21)N3. The summed E-state index contributed by atoms with van der Waals surface area (Å²) < 4.78 is 25.6. The van der Waals surface area contributed by atoms with Crippen molar-refractivity contribution in [3.63, 3.8) is 0 Å². The normalized spacial score (nSPS) is 23.4. The van der Waals surface area contributed by atoms with E-state index in [0.29, 0.717) is 51.4 Å². The Kier molecular flexibility index (Phi) is 5.59. The summed E-state index contributed by atoms with van der Waals surface area (Å²) in [7, 11) is 0. The lowest BCUT2D eigenvalue weighted by Gasteiger charge is -2.40. The van der Waals surface area contributed by atoms with Crippen LogP contribution in [0.25, 0.3) is 38.6 Å². The van der Waals surface area contributed by atoms with Gasteiger partial charge in [-0.05, 0) is 62.1 Å². The second-order valence-electron chi connectivity index (χ2n) is 13.3. The van der Waals surface area contributed by atoms with Gasteiger partial charge in [-0.1, -0.05) is 23.7 Å². The number of aromatic hydroxyl groups is 1. The van der Waals surface area contributed by atoms with E-state index >= 15 is 4.39 Å². The molecule has 10 rings (SSSR count). The third-order valence-corrected chi connectivity index (χ3v) is 10.7. The van der Waals surface area contributed by atoms with Crippen LogP contribution in [0.3, 0.4) is 0 Å². The molecule has 46 heavy (non-hydrogen) atoms. The zero-order valence-electron chi connectivity index (χ0n) is 24.7. The number of aromatic nitrogens is 5. The van der Waals surface area contributed by atoms with Crippen molar-refractivity contribution < 1.29 is 14.2 Å². The van der Waals surface area contributed by atoms with Gasteiger partial charge in [-0.2, -0.15) is 4.98 Å². The Morgan fingerprint density at radius 2 is 1.78 bits per heavy atom. The van der Waals surface area contributed by atoms with E-state index in [-0.39, 0.29) is 52.8 Å². The number of benzene rings is 2. The van der Waals surface area contributed by atoms with Crippen LogP contribution in [0.15, 0.2) is 41.5 Å². The summed E-state index contributed by atoms with van der Waals surface area (Å²) in [5.41, 5.74) is 1.69. The van der Waals surface area contributed by atoms with E-state index in [1.54, 1.807) is 30.6 Å². The van der Waals surface area contributed by atoms with Crippen molar-refractivity contribution >= 4 is 39.1 Å². The maximum atomic E-state index is 17.7. The average Bonchev–Trinajstić information content (AvgIpc) is 3.98. The van der Waals surface area contributed by atoms with E-state index in [1.165, 1.54) is 10.6 Å². The molecule has 6 heterocycles. The Morgan fingerprint density at radius 1 is 1.00 bits per heavy atom. The summed E-state index contributed by atoms with van der Waals surface area (Å²) in [5.74, 6) is 0.118. The van der Waals surface area contributed by atoms with Crippen LogP contribution in [0.2, 0.25) is 5.02 Å². The van der Waals surface area contributed by atoms with Gasteiger partial charge in [0.15, 0.2) is 5.82 Å². The summed E-state index contributed by atoms with van der Waals surface area (Å²) in [6.07, 6.45) is 7.31. The lowest BCUT2D eigenvalue weighted by atomic mass is 9.99. The number of piperazine rings is 1. The summed E-state index contributed by atoms with van der Waals surface area (Å²) in [4.78, 5) is 35.5. The molecule has 3 unspecified atom stereocenters. The van der Waals surface area contributed by atoms with Gasteiger partial charge in [-0.25, -0.2) is 24.1 Å². The fourth-order valence-electron chi connectivity index (χ4n) is 7.93. The van der Waals surface area contributed by atoms with Crippen molar-refractivity contribution in [3.05, 3.63) is 69.4 Å². The van der Waals surface area contributed by atoms with Gasteiger partial charge >= 0.3 is 5.69 Å². The number of pyridine rings is 1. The summed E-state index contributed by atoms with van der Waals surface area (Å²) >= 11 is 6.71. The Bertz CT molecular complexity index is 2170. The van der Waals surface area contributed by atoms with Crippen LogP contribution in [0.4, 0.5) is 10.2 Å². The van der Waals surface area contributed by atoms with Crippen LogP contribution in [0, 0.1) is 5.82 Å². The summed E-state index contributed by atoms with van der Waals surface area (Å²) in [5, 5.41) is 16.3. The Labute approximate surface area is 267 Å². The number of halogens is 2. The Hall–Kier alpha value is -4.35. The number of phenolic OH excluding ortho intramolecular Hbond substituents is 1. The molecule has 0 spiro atoms. The molecule has 2 N–H and O–H groups in total. The number of phenols is 1. The van der Waals surface area contributed by atoms with Gasteiger partial charge in [-0.3, -0.25) is 4.57 Å². The topological polar surface area (TPSA) is 118 Å². The summed E-state index contributed by atoms with van der Waals surface area (Å²) in [6, 6.07) is 8.63. The molecule has 3 aliphatic heterocycles. The predicted molar refractivity (Wildman–Crippen MR) is 171 cm³/mol. The molecule has 10 nitrogen and oxygen atoms in total. The zero-order valence-corrected chi connectivity index (χ0v) is 25.5. The standard InChI is InChI=1S/C34H29ClFN7O3/c35-21-3-1-2-17-10-19(44)11-20(24(17)21)29-26(36)30-25-32(42-12-18-8-9-22(39-18)23(42)13-46-33(25)40-29)41-34(45)43(30)31-27(15-4-5-15)37-14-38-28(31)16-6-7-16/h1-3,10-11,14-16,18,22-23,39,44H,4-9,12-13H2. The molecule has 2 bridgehead atoms. The van der Waals surface area contributed by atoms with Gasteiger partial charge in [0.1, 0.15) is 41.1 Å². The minimum atomic E-state index is -0.723. The number of nitrogens with zero attached hydrogens (tertiary/aromatic N) is 6. The molecule has 2 saturated heterocycles. The first kappa shape index (κ1) is 26.8. The van der Waals surface area contributed by atoms with Crippen LogP contribution in [-0.4, -0.2) is 60.9 Å². The molecule has 2 aliphatic carbocycles. The molecule has 3 aromatic heterocycles. The third kappa shape index (κ3) is 3.87. The third-order valence-electron chi connectivity index (χ3n) is 10.3. The summed E-state index contributed by atoms with van der Waals surface area (Å²) in [6.45, 7) is 0.916. The van der Waals surface area contributed by atoms with Crippen LogP contribution in [0.1, 0.15) is 61.7 Å². The van der Waals surface area contributed by atoms with Crippen molar-refractivity contribution in [1.29, 1.82) is 0 Å². The fraction of sp³-hybridized carbons (Fsp3) is 0.382. The van der Waals surface area contributed by atoms with E-state index in [2.05, 4.69) is 20.2 Å². The highest BCUT2D eigenvalue weighted by Crippen LogP contribution is 2.49.